The van der Waals surface area contributed by atoms with Gasteiger partial charge in [-0.2, -0.15) is 0 Å². The first-order chi connectivity index (χ1) is 13.5. The molecule has 0 aliphatic heterocycles. The van der Waals surface area contributed by atoms with Crippen LogP contribution in [0.4, 0.5) is 0 Å². The van der Waals surface area contributed by atoms with Crippen molar-refractivity contribution in [2.45, 2.75) is 13.2 Å². The second-order valence-electron chi connectivity index (χ2n) is 5.93. The predicted molar refractivity (Wildman–Crippen MR) is 113 cm³/mol. The first kappa shape index (κ1) is 20.3. The number of esters is 2. The number of benzene rings is 3. The van der Waals surface area contributed by atoms with Crippen molar-refractivity contribution in [1.29, 1.82) is 0 Å². The molecule has 28 heavy (non-hydrogen) atoms. The highest BCUT2D eigenvalue weighted by atomic mass is 79.9. The molecule has 0 aliphatic carbocycles. The maximum absolute atomic E-state index is 12.1. The van der Waals surface area contributed by atoms with Gasteiger partial charge < -0.3 is 9.47 Å². The van der Waals surface area contributed by atoms with Crippen LogP contribution in [0.15, 0.2) is 81.7 Å². The largest absolute Gasteiger partial charge is 0.457 e. The minimum atomic E-state index is -0.390. The molecule has 0 bridgehead atoms. The van der Waals surface area contributed by atoms with E-state index in [1.54, 1.807) is 36.4 Å². The number of hydrogen-bond donors (Lipinski definition) is 0. The summed E-state index contributed by atoms with van der Waals surface area (Å²) in [6, 6.07) is 21.6. The molecule has 0 saturated heterocycles. The Bertz CT molecular complexity index is 903. The smallest absolute Gasteiger partial charge is 0.339 e. The third kappa shape index (κ3) is 5.30. The molecule has 0 aromatic heterocycles. The van der Waals surface area contributed by atoms with Crippen LogP contribution >= 0.6 is 31.9 Å². The van der Waals surface area contributed by atoms with Crippen molar-refractivity contribution in [3.05, 3.63) is 104 Å². The molecule has 0 spiro atoms. The minimum absolute atomic E-state index is 0.164. The third-order valence-electron chi connectivity index (χ3n) is 3.95. The van der Waals surface area contributed by atoms with E-state index in [9.17, 15) is 9.59 Å². The highest BCUT2D eigenvalue weighted by molar-refractivity contribution is 9.10. The molecule has 3 rings (SSSR count). The van der Waals surface area contributed by atoms with Gasteiger partial charge in [0.25, 0.3) is 0 Å². The number of ether oxygens (including phenoxy) is 2. The summed E-state index contributed by atoms with van der Waals surface area (Å²) in [7, 11) is 0. The summed E-state index contributed by atoms with van der Waals surface area (Å²) >= 11 is 6.68. The Morgan fingerprint density at radius 2 is 0.964 bits per heavy atom. The molecule has 0 fully saturated rings. The number of hydrogen-bond acceptors (Lipinski definition) is 4. The van der Waals surface area contributed by atoms with Crippen LogP contribution in [-0.4, -0.2) is 11.9 Å². The first-order valence-corrected chi connectivity index (χ1v) is 10.0. The Morgan fingerprint density at radius 1 is 0.607 bits per heavy atom. The van der Waals surface area contributed by atoms with Crippen LogP contribution in [0.1, 0.15) is 31.8 Å². The lowest BCUT2D eigenvalue weighted by atomic mass is 10.1. The van der Waals surface area contributed by atoms with Crippen LogP contribution in [0.2, 0.25) is 0 Å². The SMILES string of the molecule is O=C(OCc1ccc(COC(=O)c2ccccc2Br)cc1)c1ccccc1Br. The van der Waals surface area contributed by atoms with E-state index in [0.29, 0.717) is 20.1 Å². The summed E-state index contributed by atoms with van der Waals surface area (Å²) in [4.78, 5) is 24.3. The molecule has 3 aromatic carbocycles. The fourth-order valence-corrected chi connectivity index (χ4v) is 3.33. The first-order valence-electron chi connectivity index (χ1n) is 8.45. The summed E-state index contributed by atoms with van der Waals surface area (Å²) in [5, 5.41) is 0. The number of carbonyl (C=O) groups excluding carboxylic acids is 2. The maximum Gasteiger partial charge on any atom is 0.339 e. The number of halogens is 2. The second kappa shape index (κ2) is 9.66. The van der Waals surface area contributed by atoms with Crippen molar-refractivity contribution in [2.75, 3.05) is 0 Å². The van der Waals surface area contributed by atoms with Crippen LogP contribution in [0.25, 0.3) is 0 Å². The minimum Gasteiger partial charge on any atom is -0.457 e. The lowest BCUT2D eigenvalue weighted by molar-refractivity contribution is 0.0459. The summed E-state index contributed by atoms with van der Waals surface area (Å²) in [5.74, 6) is -0.780. The summed E-state index contributed by atoms with van der Waals surface area (Å²) in [6.07, 6.45) is 0. The number of rotatable bonds is 6. The molecule has 6 heteroatoms. The van der Waals surface area contributed by atoms with Gasteiger partial charge in [-0.3, -0.25) is 0 Å². The van der Waals surface area contributed by atoms with Crippen LogP contribution < -0.4 is 0 Å². The average molecular weight is 504 g/mol. The molecule has 0 heterocycles. The van der Waals surface area contributed by atoms with Crippen molar-refractivity contribution in [3.63, 3.8) is 0 Å². The van der Waals surface area contributed by atoms with E-state index < -0.39 is 0 Å². The van der Waals surface area contributed by atoms with Crippen LogP contribution in [0.3, 0.4) is 0 Å². The molecule has 4 nitrogen and oxygen atoms in total. The highest BCUT2D eigenvalue weighted by Gasteiger charge is 2.12. The molecule has 0 radical (unpaired) electrons. The van der Waals surface area contributed by atoms with Gasteiger partial charge in [-0.05, 0) is 67.3 Å². The van der Waals surface area contributed by atoms with Gasteiger partial charge >= 0.3 is 11.9 Å². The monoisotopic (exact) mass is 502 g/mol. The summed E-state index contributed by atoms with van der Waals surface area (Å²) in [6.45, 7) is 0.328. The topological polar surface area (TPSA) is 52.6 Å². The molecule has 0 amide bonds. The fraction of sp³-hybridized carbons (Fsp3) is 0.0909. The van der Waals surface area contributed by atoms with Crippen molar-refractivity contribution in [3.8, 4) is 0 Å². The van der Waals surface area contributed by atoms with Gasteiger partial charge in [0, 0.05) is 8.95 Å². The van der Waals surface area contributed by atoms with Crippen LogP contribution in [-0.2, 0) is 22.7 Å². The zero-order valence-electron chi connectivity index (χ0n) is 14.7. The quantitative estimate of drug-likeness (QED) is 0.391. The summed E-state index contributed by atoms with van der Waals surface area (Å²) < 4.78 is 12.1. The molecule has 142 valence electrons. The molecule has 0 atom stereocenters. The van der Waals surface area contributed by atoms with E-state index >= 15 is 0 Å². The predicted octanol–water partition coefficient (Wildman–Crippen LogP) is 5.93. The standard InChI is InChI=1S/C22H16Br2O4/c23-19-7-3-1-5-17(19)21(25)27-13-15-9-11-16(12-10-15)14-28-22(26)18-6-2-4-8-20(18)24/h1-12H,13-14H2. The molecule has 0 saturated carbocycles. The van der Waals surface area contributed by atoms with E-state index in [2.05, 4.69) is 31.9 Å². The Kier molecular flexibility index (Phi) is 7.01. The fourth-order valence-electron chi connectivity index (χ4n) is 2.44. The van der Waals surface area contributed by atoms with Gasteiger partial charge in [0.05, 0.1) is 11.1 Å². The maximum atomic E-state index is 12.1. The average Bonchev–Trinajstić information content (AvgIpc) is 2.71. The third-order valence-corrected chi connectivity index (χ3v) is 5.33. The van der Waals surface area contributed by atoms with Crippen molar-refractivity contribution >= 4 is 43.8 Å². The highest BCUT2D eigenvalue weighted by Crippen LogP contribution is 2.19. The lowest BCUT2D eigenvalue weighted by Gasteiger charge is -2.08. The number of carbonyl (C=O) groups is 2. The Balaban J connectivity index is 1.52. The van der Waals surface area contributed by atoms with E-state index in [-0.39, 0.29) is 25.2 Å². The van der Waals surface area contributed by atoms with Crippen molar-refractivity contribution in [2.24, 2.45) is 0 Å². The van der Waals surface area contributed by atoms with E-state index in [1.807, 2.05) is 36.4 Å². The molecule has 0 N–H and O–H groups in total. The van der Waals surface area contributed by atoms with Crippen LogP contribution in [0, 0.1) is 0 Å². The molecule has 0 unspecified atom stereocenters. The summed E-state index contributed by atoms with van der Waals surface area (Å²) in [5.41, 5.74) is 2.67. The van der Waals surface area contributed by atoms with E-state index in [4.69, 9.17) is 9.47 Å². The van der Waals surface area contributed by atoms with Crippen molar-refractivity contribution < 1.29 is 19.1 Å². The lowest BCUT2D eigenvalue weighted by Crippen LogP contribution is -2.07. The Morgan fingerprint density at radius 3 is 1.32 bits per heavy atom. The molecular weight excluding hydrogens is 488 g/mol. The van der Waals surface area contributed by atoms with Gasteiger partial charge in [-0.15, -0.1) is 0 Å². The molecule has 0 aliphatic rings. The normalized spacial score (nSPS) is 10.4. The molecular formula is C22H16Br2O4. The van der Waals surface area contributed by atoms with Gasteiger partial charge in [0.15, 0.2) is 0 Å². The Labute approximate surface area is 179 Å². The second-order valence-corrected chi connectivity index (χ2v) is 7.64. The van der Waals surface area contributed by atoms with Crippen LogP contribution in [0.5, 0.6) is 0 Å². The van der Waals surface area contributed by atoms with Gasteiger partial charge in [0.1, 0.15) is 13.2 Å². The Hall–Kier alpha value is -2.44. The van der Waals surface area contributed by atoms with E-state index in [1.165, 1.54) is 0 Å². The van der Waals surface area contributed by atoms with Gasteiger partial charge in [-0.25, -0.2) is 9.59 Å². The van der Waals surface area contributed by atoms with Gasteiger partial charge in [-0.1, -0.05) is 48.5 Å². The zero-order chi connectivity index (χ0) is 19.9. The van der Waals surface area contributed by atoms with E-state index in [0.717, 1.165) is 11.1 Å². The zero-order valence-corrected chi connectivity index (χ0v) is 17.9. The molecule has 3 aromatic rings. The van der Waals surface area contributed by atoms with Gasteiger partial charge in [0.2, 0.25) is 0 Å². The van der Waals surface area contributed by atoms with Crippen molar-refractivity contribution in [1.82, 2.24) is 0 Å².